The van der Waals surface area contributed by atoms with Crippen molar-refractivity contribution in [2.75, 3.05) is 11.5 Å². The summed E-state index contributed by atoms with van der Waals surface area (Å²) in [5.41, 5.74) is 7.96. The van der Waals surface area contributed by atoms with Crippen LogP contribution in [0.3, 0.4) is 0 Å². The fourth-order valence-electron chi connectivity index (χ4n) is 3.23. The third kappa shape index (κ3) is 4.02. The molecule has 0 amide bonds. The monoisotopic (exact) mass is 374 g/mol. The van der Waals surface area contributed by atoms with Gasteiger partial charge in [-0.1, -0.05) is 54.2 Å². The maximum absolute atomic E-state index is 12.4. The molecule has 1 unspecified atom stereocenters. The van der Waals surface area contributed by atoms with Gasteiger partial charge in [0.15, 0.2) is 5.78 Å². The number of benzene rings is 1. The SMILES string of the molecule is N#Cc1c(N)nc(SCC(=O)c2ccccc2)c(C#N)c1C1CC=CCC1. The summed E-state index contributed by atoms with van der Waals surface area (Å²) in [4.78, 5) is 16.6. The van der Waals surface area contributed by atoms with E-state index in [4.69, 9.17) is 5.73 Å². The summed E-state index contributed by atoms with van der Waals surface area (Å²) in [7, 11) is 0. The van der Waals surface area contributed by atoms with Crippen LogP contribution in [0.5, 0.6) is 0 Å². The van der Waals surface area contributed by atoms with E-state index in [1.54, 1.807) is 12.1 Å². The van der Waals surface area contributed by atoms with Crippen LogP contribution in [0.15, 0.2) is 47.5 Å². The number of ketones is 1. The number of allylic oxidation sites excluding steroid dienone is 2. The Morgan fingerprint density at radius 1 is 1.19 bits per heavy atom. The summed E-state index contributed by atoms with van der Waals surface area (Å²) in [5.74, 6) is 0.293. The second kappa shape index (κ2) is 8.53. The van der Waals surface area contributed by atoms with Crippen molar-refractivity contribution < 1.29 is 4.79 Å². The lowest BCUT2D eigenvalue weighted by molar-refractivity contribution is 0.102. The molecule has 1 aromatic carbocycles. The molecule has 0 saturated heterocycles. The molecule has 0 bridgehead atoms. The highest BCUT2D eigenvalue weighted by molar-refractivity contribution is 8.00. The number of carbonyl (C=O) groups is 1. The molecule has 1 heterocycles. The number of hydrogen-bond acceptors (Lipinski definition) is 6. The molecule has 27 heavy (non-hydrogen) atoms. The van der Waals surface area contributed by atoms with Gasteiger partial charge in [-0.25, -0.2) is 4.98 Å². The maximum Gasteiger partial charge on any atom is 0.173 e. The molecular weight excluding hydrogens is 356 g/mol. The van der Waals surface area contributed by atoms with Crippen LogP contribution in [-0.2, 0) is 0 Å². The summed E-state index contributed by atoms with van der Waals surface area (Å²) in [5, 5.41) is 19.7. The van der Waals surface area contributed by atoms with E-state index < -0.39 is 0 Å². The average Bonchev–Trinajstić information content (AvgIpc) is 2.72. The number of Topliss-reactive ketones (excluding diaryl/α,β-unsaturated/α-hetero) is 1. The van der Waals surface area contributed by atoms with Crippen LogP contribution in [0, 0.1) is 22.7 Å². The predicted molar refractivity (Wildman–Crippen MR) is 105 cm³/mol. The molecule has 1 atom stereocenters. The molecule has 3 rings (SSSR count). The van der Waals surface area contributed by atoms with Crippen LogP contribution >= 0.6 is 11.8 Å². The average molecular weight is 374 g/mol. The molecule has 0 fully saturated rings. The van der Waals surface area contributed by atoms with E-state index in [-0.39, 0.29) is 28.8 Å². The second-order valence-electron chi connectivity index (χ2n) is 6.25. The van der Waals surface area contributed by atoms with Gasteiger partial charge >= 0.3 is 0 Å². The third-order valence-corrected chi connectivity index (χ3v) is 5.54. The molecule has 5 nitrogen and oxygen atoms in total. The van der Waals surface area contributed by atoms with E-state index in [1.165, 1.54) is 11.8 Å². The topological polar surface area (TPSA) is 104 Å². The Morgan fingerprint density at radius 2 is 1.93 bits per heavy atom. The molecule has 0 saturated carbocycles. The molecular formula is C21H18N4OS. The normalized spacial score (nSPS) is 15.7. The van der Waals surface area contributed by atoms with E-state index in [0.29, 0.717) is 21.7 Å². The van der Waals surface area contributed by atoms with Crippen LogP contribution < -0.4 is 5.73 Å². The van der Waals surface area contributed by atoms with Crippen LogP contribution in [0.4, 0.5) is 5.82 Å². The Morgan fingerprint density at radius 3 is 2.56 bits per heavy atom. The number of pyridine rings is 1. The van der Waals surface area contributed by atoms with Crippen molar-refractivity contribution >= 4 is 23.4 Å². The van der Waals surface area contributed by atoms with Crippen molar-refractivity contribution in [2.24, 2.45) is 0 Å². The largest absolute Gasteiger partial charge is 0.383 e. The molecule has 6 heteroatoms. The predicted octanol–water partition coefficient (Wildman–Crippen LogP) is 4.21. The van der Waals surface area contributed by atoms with Gasteiger partial charge in [-0.05, 0) is 30.7 Å². The molecule has 134 valence electrons. The highest BCUT2D eigenvalue weighted by Gasteiger charge is 2.26. The zero-order valence-corrected chi connectivity index (χ0v) is 15.5. The van der Waals surface area contributed by atoms with Gasteiger partial charge in [-0.15, -0.1) is 0 Å². The lowest BCUT2D eigenvalue weighted by Gasteiger charge is -2.22. The Bertz CT molecular complexity index is 970. The van der Waals surface area contributed by atoms with Gasteiger partial charge in [-0.3, -0.25) is 4.79 Å². The number of aromatic nitrogens is 1. The second-order valence-corrected chi connectivity index (χ2v) is 7.21. The minimum atomic E-state index is -0.0450. The van der Waals surface area contributed by atoms with Crippen molar-refractivity contribution in [3.63, 3.8) is 0 Å². The lowest BCUT2D eigenvalue weighted by Crippen LogP contribution is -2.12. The van der Waals surface area contributed by atoms with Gasteiger partial charge in [0.1, 0.15) is 23.0 Å². The van der Waals surface area contributed by atoms with Crippen molar-refractivity contribution in [1.82, 2.24) is 4.98 Å². The van der Waals surface area contributed by atoms with Crippen LogP contribution in [-0.4, -0.2) is 16.5 Å². The van der Waals surface area contributed by atoms with Crippen molar-refractivity contribution in [1.29, 1.82) is 10.5 Å². The number of carbonyl (C=O) groups excluding carboxylic acids is 1. The molecule has 0 spiro atoms. The third-order valence-electron chi connectivity index (χ3n) is 4.57. The van der Waals surface area contributed by atoms with Crippen LogP contribution in [0.25, 0.3) is 0 Å². The van der Waals surface area contributed by atoms with E-state index in [2.05, 4.69) is 29.3 Å². The summed E-state index contributed by atoms with van der Waals surface area (Å²) in [6.07, 6.45) is 6.69. The molecule has 1 aromatic heterocycles. The number of nitriles is 2. The minimum Gasteiger partial charge on any atom is -0.383 e. The van der Waals surface area contributed by atoms with Gasteiger partial charge < -0.3 is 5.73 Å². The summed E-state index contributed by atoms with van der Waals surface area (Å²) >= 11 is 1.20. The number of rotatable bonds is 5. The first kappa shape index (κ1) is 18.7. The Kier molecular flexibility index (Phi) is 5.90. The number of thioether (sulfide) groups is 1. The number of nitrogen functional groups attached to an aromatic ring is 1. The molecule has 2 aromatic rings. The first-order valence-electron chi connectivity index (χ1n) is 8.65. The standard InChI is InChI=1S/C21H18N4OS/c22-11-16-19(15-9-5-2-6-10-15)17(12-23)21(25-20(16)24)27-13-18(26)14-7-3-1-4-8-14/h1-5,7-8,15H,6,9-10,13H2,(H2,24,25). The van der Waals surface area contributed by atoms with Gasteiger partial charge in [0, 0.05) is 5.56 Å². The Labute approximate surface area is 162 Å². The summed E-state index contributed by atoms with van der Waals surface area (Å²) < 4.78 is 0. The Hall–Kier alpha value is -3.09. The van der Waals surface area contributed by atoms with Crippen molar-refractivity contribution in [3.05, 3.63) is 64.7 Å². The first-order valence-corrected chi connectivity index (χ1v) is 9.63. The fourth-order valence-corrected chi connectivity index (χ4v) is 4.13. The van der Waals surface area contributed by atoms with E-state index in [0.717, 1.165) is 19.3 Å². The minimum absolute atomic E-state index is 0.0450. The van der Waals surface area contributed by atoms with Gasteiger partial charge in [-0.2, -0.15) is 10.5 Å². The van der Waals surface area contributed by atoms with Crippen LogP contribution in [0.2, 0.25) is 0 Å². The first-order chi connectivity index (χ1) is 13.2. The van der Waals surface area contributed by atoms with Gasteiger partial charge in [0.25, 0.3) is 0 Å². The lowest BCUT2D eigenvalue weighted by atomic mass is 9.83. The fraction of sp³-hybridized carbons (Fsp3) is 0.238. The quantitative estimate of drug-likeness (QED) is 0.478. The molecule has 0 radical (unpaired) electrons. The van der Waals surface area contributed by atoms with E-state index in [1.807, 2.05) is 18.2 Å². The molecule has 1 aliphatic carbocycles. The Balaban J connectivity index is 1.95. The number of hydrogen-bond donors (Lipinski definition) is 1. The van der Waals surface area contributed by atoms with Gasteiger partial charge in [0.2, 0.25) is 0 Å². The number of anilines is 1. The zero-order valence-electron chi connectivity index (χ0n) is 14.7. The van der Waals surface area contributed by atoms with Crippen molar-refractivity contribution in [2.45, 2.75) is 30.2 Å². The summed E-state index contributed by atoms with van der Waals surface area (Å²) in [6.45, 7) is 0. The smallest absolute Gasteiger partial charge is 0.173 e. The molecule has 2 N–H and O–H groups in total. The number of nitrogens with zero attached hydrogens (tertiary/aromatic N) is 3. The molecule has 1 aliphatic rings. The zero-order chi connectivity index (χ0) is 19.2. The number of nitrogens with two attached hydrogens (primary N) is 1. The van der Waals surface area contributed by atoms with Crippen molar-refractivity contribution in [3.8, 4) is 12.1 Å². The summed E-state index contributed by atoms with van der Waals surface area (Å²) in [6, 6.07) is 13.3. The highest BCUT2D eigenvalue weighted by atomic mass is 32.2. The van der Waals surface area contributed by atoms with E-state index >= 15 is 0 Å². The molecule has 0 aliphatic heterocycles. The highest BCUT2D eigenvalue weighted by Crippen LogP contribution is 2.38. The van der Waals surface area contributed by atoms with Gasteiger partial charge in [0.05, 0.1) is 16.9 Å². The maximum atomic E-state index is 12.4. The van der Waals surface area contributed by atoms with Crippen LogP contribution in [0.1, 0.15) is 52.2 Å². The van der Waals surface area contributed by atoms with E-state index in [9.17, 15) is 15.3 Å².